The van der Waals surface area contributed by atoms with Gasteiger partial charge >= 0.3 is 1290 Å². The number of fused-ring (bicyclic) bond motifs is 14. The molecule has 0 unspecified atom stereocenters. The SMILES string of the molecule is [Rb][C]1=[C]([Rb])/C2=[C](\[RaH])c3[nH]c([c]([Rb])[c]3[Rb])/C(C#CC#C/C3=c4/[nH]/c([c]([Rb])[c]4[Rb])=[C](/[RaH])[C@@H]4N/C(=[C](/[RaH])c5[nH]c([c]([Rb])[c]5[Rb])/[C]([RaH])=C5N=C3[C]([Rb])=[C]\5[Rb])[C]([Rb])=[C]4[Rb])=C3\N[C@H]([C]([Rb])=[C]3[Rb])/[C]([RaH])=c3\[nH]/c([c]([Rb])[c]3[Rb])=[C](/[RaH])C1=N2. The zero-order valence-electron chi connectivity index (χ0n) is 48.0. The van der Waals surface area contributed by atoms with E-state index in [0.29, 0.717) is 845 Å². The molecule has 74 heavy (non-hydrogen) atoms. The molecule has 0 spiro atoms. The minimum absolute atomic E-state index is 0.0984. The van der Waals surface area contributed by atoms with E-state index in [2.05, 4.69) is 54.3 Å². The summed E-state index contributed by atoms with van der Waals surface area (Å²) in [6, 6.07) is 0.870. The molecule has 6 aliphatic heterocycles. The number of aromatic nitrogens is 4. The third kappa shape index (κ3) is 20.0. The number of nitrogens with one attached hydrogen (secondary N) is 6. The second-order valence-corrected chi connectivity index (χ2v) is 87.3. The molecule has 16 bridgehead atoms. The number of aromatic amines is 4. The standard InChI is InChI=1S/C44H8N8.6Ra.16Rb.6H/c1(3-39-41-17-13-35(49-41)23-31-9-5-27(45-31)21-28-6-10-32(46-28)24-36-14-18-42(39)50-36)2-4-40-43-19-15-37(51-43)25-33-11-7-29(47-33)22-30-8-12-34(48-30)26-38-16-20-44(40)52-38;;;;;;;;;;;;;;;;;;;;;;;;;;;;/h31,37,45-47,49,51-52H;;;;;;;;;;;;;;;;;;;;;;;;;;;;/b27-21?,29-22?,33-25?,34-26?,35-23?,36-24?,41-39-,43-40-;;;;;;;;;;;;;;;;;;;;;;;;;;;;/t31-,37-;;;;;;;;;;;;;;;;;;;;;;;;;;;;/m1............................/s1. The van der Waals surface area contributed by atoms with E-state index in [-0.39, 0.29) is 312 Å². The van der Waals surface area contributed by atoms with Crippen molar-refractivity contribution in [3.63, 3.8) is 0 Å². The van der Waals surface area contributed by atoms with Crippen molar-refractivity contribution < 1.29 is 257 Å². The number of hydrogen-bond donors (Lipinski definition) is 6. The van der Waals surface area contributed by atoms with Crippen molar-refractivity contribution in [3.8, 4) is 23.7 Å². The summed E-state index contributed by atoms with van der Waals surface area (Å²) < 4.78 is 38.0. The van der Waals surface area contributed by atoms with Gasteiger partial charge in [0, 0.05) is 0 Å². The average molecular weight is 3380 g/mol. The van der Waals surface area contributed by atoms with Gasteiger partial charge in [-0.05, 0) is 0 Å². The van der Waals surface area contributed by atoms with Crippen LogP contribution in [0.4, 0.5) is 0 Å². The molecule has 0 saturated heterocycles. The van der Waals surface area contributed by atoms with Crippen LogP contribution in [-0.2, 0) is 0 Å². The summed E-state index contributed by atoms with van der Waals surface area (Å²) in [7, 11) is 0. The molecule has 6 N–H and O–H groups in total. The molecule has 258 valence electrons. The molecule has 0 aromatic carbocycles. The van der Waals surface area contributed by atoms with Gasteiger partial charge in [0.2, 0.25) is 0 Å². The Kier molecular flexibility index (Phi) is 48.0. The molecular formula is C44H14N8Ra6Rb16. The maximum atomic E-state index is 5.89. The molecule has 4 aromatic rings. The Bertz CT molecular complexity index is 4190. The average Bonchev–Trinajstić information content (AvgIpc) is 4.25. The number of allylic oxidation sites excluding steroid dienone is 7. The van der Waals surface area contributed by atoms with E-state index in [9.17, 15) is 0 Å². The molecule has 30 heteroatoms. The molecule has 2 atom stereocenters. The van der Waals surface area contributed by atoms with Crippen molar-refractivity contribution in [2.45, 2.75) is 12.1 Å². The second-order valence-electron chi connectivity index (χ2n) is 22.3. The van der Waals surface area contributed by atoms with Gasteiger partial charge in [0.1, 0.15) is 0 Å². The molecular weight excluding hydrogens is 3360 g/mol. The van der Waals surface area contributed by atoms with Gasteiger partial charge in [-0.15, -0.1) is 0 Å². The molecule has 0 aliphatic carbocycles. The molecule has 10 rings (SSSR count). The predicted molar refractivity (Wildman–Crippen MR) is 293 cm³/mol. The summed E-state index contributed by atoms with van der Waals surface area (Å²) in [5, 5.41) is 14.8. The Morgan fingerprint density at radius 2 is 0.743 bits per heavy atom. The van der Waals surface area contributed by atoms with E-state index in [1.807, 2.05) is -2.72 Å². The number of H-pyrrole nitrogens is 4. The van der Waals surface area contributed by atoms with Gasteiger partial charge in [0.15, 0.2) is 0 Å². The van der Waals surface area contributed by atoms with Crippen LogP contribution in [0.15, 0.2) is 21.9 Å². The van der Waals surface area contributed by atoms with Gasteiger partial charge in [-0.25, -0.2) is 0 Å². The second kappa shape index (κ2) is 41.0. The monoisotopic (exact) mass is 3370 g/mol. The first-order valence-corrected chi connectivity index (χ1v) is 90.4. The van der Waals surface area contributed by atoms with Crippen LogP contribution >= 0.6 is 0 Å². The van der Waals surface area contributed by atoms with Gasteiger partial charge in [-0.1, -0.05) is 0 Å². The quantitative estimate of drug-likeness (QED) is 0.0986. The van der Waals surface area contributed by atoms with E-state index < -0.39 is 0 Å². The van der Waals surface area contributed by atoms with Crippen LogP contribution in [0, 0.1) is 280 Å². The van der Waals surface area contributed by atoms with Crippen LogP contribution in [-0.4, -0.2) is 932 Å². The van der Waals surface area contributed by atoms with Crippen molar-refractivity contribution in [3.05, 3.63) is 56.1 Å². The molecule has 0 radical (unpaired) electrons. The summed E-state index contributed by atoms with van der Waals surface area (Å²) in [5.41, 5.74) is 17.1. The number of hydrogen-bond acceptors (Lipinski definition) is 4. The van der Waals surface area contributed by atoms with Crippen molar-refractivity contribution in [2.24, 2.45) is 9.98 Å². The van der Waals surface area contributed by atoms with Crippen molar-refractivity contribution >= 4 is 904 Å². The molecule has 0 fully saturated rings. The molecule has 6 aliphatic rings. The fourth-order valence-corrected chi connectivity index (χ4v) is 129. The number of nitrogens with zero attached hydrogens (tertiary/aromatic N) is 2. The van der Waals surface area contributed by atoms with Crippen molar-refractivity contribution in [1.29, 1.82) is 0 Å². The van der Waals surface area contributed by atoms with Gasteiger partial charge in [-0.2, -0.15) is 0 Å². The Labute approximate surface area is 1230 Å². The van der Waals surface area contributed by atoms with E-state index in [1.165, 1.54) is 56.4 Å². The summed E-state index contributed by atoms with van der Waals surface area (Å²) in [6.07, 6.45) is 0. The summed E-state index contributed by atoms with van der Waals surface area (Å²) in [4.78, 5) is 28.8. The van der Waals surface area contributed by atoms with E-state index in [1.54, 1.807) is 17.7 Å². The Morgan fingerprint density at radius 1 is 0.351 bits per heavy atom. The first-order valence-electron chi connectivity index (χ1n) is 26.4. The first kappa shape index (κ1) is 86.7. The summed E-state index contributed by atoms with van der Waals surface area (Å²) >= 11 is 7.19. The third-order valence-electron chi connectivity index (χ3n) is 18.6. The van der Waals surface area contributed by atoms with Crippen molar-refractivity contribution in [1.82, 2.24) is 30.6 Å². The normalized spacial score (nSPS) is 26.8. The summed E-state index contributed by atoms with van der Waals surface area (Å²) in [6.45, 7) is 0. The topological polar surface area (TPSA) is 112 Å². The summed E-state index contributed by atoms with van der Waals surface area (Å²) in [5.74, 6) is 15.4. The Balaban J connectivity index is 1.24. The Morgan fingerprint density at radius 3 is 1.28 bits per heavy atom. The van der Waals surface area contributed by atoms with Gasteiger partial charge in [0.25, 0.3) is 0 Å². The van der Waals surface area contributed by atoms with E-state index in [0.717, 1.165) is 0 Å². The third-order valence-corrected chi connectivity index (χ3v) is 141. The number of aliphatic imine (C=N–C) groups is 2. The van der Waals surface area contributed by atoms with E-state index >= 15 is 0 Å². The zero-order chi connectivity index (χ0) is 53.6. The number of rotatable bonds is 0. The molecule has 0 saturated carbocycles. The molecule has 8 nitrogen and oxygen atoms in total. The van der Waals surface area contributed by atoms with Crippen LogP contribution < -0.4 is 21.1 Å². The fraction of sp³-hybridized carbons (Fsp3) is 0.0455. The van der Waals surface area contributed by atoms with E-state index in [4.69, 9.17) is 9.98 Å². The predicted octanol–water partition coefficient (Wildman–Crippen LogP) is -12.6. The Hall–Kier alpha value is 30.3. The minimum atomic E-state index is 0.0984. The van der Waals surface area contributed by atoms with Crippen LogP contribution in [0.25, 0.3) is 14.8 Å². The van der Waals surface area contributed by atoms with Gasteiger partial charge in [0.05, 0.1) is 0 Å². The van der Waals surface area contributed by atoms with Crippen LogP contribution in [0.3, 0.4) is 0 Å². The van der Waals surface area contributed by atoms with Crippen LogP contribution in [0.2, 0.25) is 0 Å². The fourth-order valence-electron chi connectivity index (χ4n) is 12.7. The van der Waals surface area contributed by atoms with Crippen molar-refractivity contribution in [2.75, 3.05) is 0 Å². The molecule has 4 aromatic heterocycles. The zero-order valence-corrected chi connectivity index (χ0v) is 176. The first-order chi connectivity index (χ1) is 34.9. The maximum absolute atomic E-state index is 5.89. The van der Waals surface area contributed by atoms with Gasteiger partial charge in [-0.3, -0.25) is 0 Å². The molecule has 0 amide bonds. The molecule has 10 heterocycles. The van der Waals surface area contributed by atoms with Crippen LogP contribution in [0.5, 0.6) is 0 Å². The van der Waals surface area contributed by atoms with Crippen LogP contribution in [0.1, 0.15) is 22.8 Å². The van der Waals surface area contributed by atoms with Gasteiger partial charge < -0.3 is 0 Å².